The summed E-state index contributed by atoms with van der Waals surface area (Å²) in [6, 6.07) is 35.6. The molecule has 0 aliphatic rings. The summed E-state index contributed by atoms with van der Waals surface area (Å²) in [6.07, 6.45) is 3.67. The van der Waals surface area contributed by atoms with Gasteiger partial charge in [0.25, 0.3) is 0 Å². The summed E-state index contributed by atoms with van der Waals surface area (Å²) in [7, 11) is -1.30. The smallest absolute Gasteiger partial charge is 0.0776 e. The molecule has 5 heteroatoms. The number of rotatable bonds is 3. The summed E-state index contributed by atoms with van der Waals surface area (Å²) in [6.45, 7) is 9.31. The van der Waals surface area contributed by atoms with Crippen molar-refractivity contribution in [3.63, 3.8) is 0 Å². The standard InChI is InChI=1S/C21H20NSSi.C11H8N.Ir/c1-14-10-11-22-19(12-14)18-7-5-6-17-16-9-8-15(24(2,3)4)13-20(16)23-21(17)18;1-2-6-10(7-3-1)11-8-4-5-9-12-11;/h5-6,8-13H,1-4H3;1-6,8-9H;/q2*-1;. The summed E-state index contributed by atoms with van der Waals surface area (Å²) in [4.78, 5) is 8.79. The summed E-state index contributed by atoms with van der Waals surface area (Å²) >= 11 is 1.87. The van der Waals surface area contributed by atoms with Gasteiger partial charge in [0.1, 0.15) is 0 Å². The van der Waals surface area contributed by atoms with Crippen molar-refractivity contribution in [2.24, 2.45) is 0 Å². The Morgan fingerprint density at radius 2 is 1.54 bits per heavy atom. The molecule has 0 bridgehead atoms. The van der Waals surface area contributed by atoms with E-state index in [2.05, 4.69) is 79.0 Å². The molecule has 0 aliphatic heterocycles. The first-order valence-corrected chi connectivity index (χ1v) is 16.4. The Bertz CT molecular complexity index is 1590. The molecule has 6 rings (SSSR count). The fourth-order valence-corrected chi connectivity index (χ4v) is 6.66. The summed E-state index contributed by atoms with van der Waals surface area (Å²) in [5, 5.41) is 4.18. The first kappa shape index (κ1) is 27.1. The summed E-state index contributed by atoms with van der Waals surface area (Å²) in [5.41, 5.74) is 5.37. The molecule has 0 aliphatic carbocycles. The largest absolute Gasteiger partial charge is 0.305 e. The molecular weight excluding hydrogens is 665 g/mol. The summed E-state index contributed by atoms with van der Waals surface area (Å²) < 4.78 is 2.66. The number of pyridine rings is 2. The van der Waals surface area contributed by atoms with Crippen LogP contribution in [0.5, 0.6) is 0 Å². The van der Waals surface area contributed by atoms with Gasteiger partial charge in [-0.25, -0.2) is 0 Å². The third-order valence-electron chi connectivity index (χ3n) is 6.12. The minimum absolute atomic E-state index is 0. The fourth-order valence-electron chi connectivity index (χ4n) is 4.15. The normalized spacial score (nSPS) is 11.0. The van der Waals surface area contributed by atoms with Crippen molar-refractivity contribution in [2.75, 3.05) is 0 Å². The zero-order valence-corrected chi connectivity index (χ0v) is 25.6. The van der Waals surface area contributed by atoms with E-state index < -0.39 is 8.07 Å². The van der Waals surface area contributed by atoms with Crippen LogP contribution in [0.2, 0.25) is 19.6 Å². The van der Waals surface area contributed by atoms with E-state index in [4.69, 9.17) is 0 Å². The molecule has 0 unspecified atom stereocenters. The average Bonchev–Trinajstić information content (AvgIpc) is 3.28. The Morgan fingerprint density at radius 1 is 0.730 bits per heavy atom. The van der Waals surface area contributed by atoms with Crippen LogP contribution in [-0.4, -0.2) is 18.0 Å². The topological polar surface area (TPSA) is 25.8 Å². The summed E-state index contributed by atoms with van der Waals surface area (Å²) in [5.74, 6) is 0. The van der Waals surface area contributed by atoms with Gasteiger partial charge < -0.3 is 9.97 Å². The number of hydrogen-bond donors (Lipinski definition) is 0. The first-order chi connectivity index (χ1) is 17.4. The quantitative estimate of drug-likeness (QED) is 0.138. The van der Waals surface area contributed by atoms with Crippen molar-refractivity contribution < 1.29 is 20.1 Å². The second kappa shape index (κ2) is 11.6. The molecule has 3 aromatic heterocycles. The zero-order chi connectivity index (χ0) is 25.1. The van der Waals surface area contributed by atoms with Crippen LogP contribution in [-0.2, 0) is 20.1 Å². The molecule has 187 valence electrons. The van der Waals surface area contributed by atoms with Gasteiger partial charge in [0, 0.05) is 37.2 Å². The minimum Gasteiger partial charge on any atom is -0.305 e. The van der Waals surface area contributed by atoms with E-state index in [1.807, 2.05) is 72.1 Å². The fraction of sp³-hybridized carbons (Fsp3) is 0.125. The maximum Gasteiger partial charge on any atom is 0.0776 e. The predicted molar refractivity (Wildman–Crippen MR) is 158 cm³/mol. The van der Waals surface area contributed by atoms with Crippen LogP contribution in [0.15, 0.2) is 97.3 Å². The van der Waals surface area contributed by atoms with Crippen LogP contribution in [0.1, 0.15) is 5.56 Å². The third-order valence-corrected chi connectivity index (χ3v) is 9.35. The van der Waals surface area contributed by atoms with Crippen molar-refractivity contribution in [2.45, 2.75) is 26.6 Å². The van der Waals surface area contributed by atoms with E-state index in [0.717, 1.165) is 22.5 Å². The van der Waals surface area contributed by atoms with Gasteiger partial charge in [0.15, 0.2) is 0 Å². The maximum absolute atomic E-state index is 4.57. The number of fused-ring (bicyclic) bond motifs is 3. The Morgan fingerprint density at radius 3 is 2.24 bits per heavy atom. The predicted octanol–water partition coefficient (Wildman–Crippen LogP) is 8.32. The molecule has 0 amide bonds. The van der Waals surface area contributed by atoms with Gasteiger partial charge >= 0.3 is 0 Å². The van der Waals surface area contributed by atoms with Crippen LogP contribution < -0.4 is 5.19 Å². The SMILES string of the molecule is Cc1ccnc(-c2[c-]ccc3c2sc2cc([Si](C)(C)C)ccc23)c1.[Ir].[c-]1ccccc1-c1ccccn1. The molecule has 37 heavy (non-hydrogen) atoms. The van der Waals surface area contributed by atoms with Crippen LogP contribution in [0.3, 0.4) is 0 Å². The number of nitrogens with zero attached hydrogens (tertiary/aromatic N) is 2. The zero-order valence-electron chi connectivity index (χ0n) is 21.4. The molecule has 0 fully saturated rings. The van der Waals surface area contributed by atoms with Crippen molar-refractivity contribution in [3.05, 3.63) is 115 Å². The van der Waals surface area contributed by atoms with Crippen molar-refractivity contribution in [1.29, 1.82) is 0 Å². The number of thiophene rings is 1. The van der Waals surface area contributed by atoms with Crippen molar-refractivity contribution in [3.8, 4) is 22.5 Å². The second-order valence-electron chi connectivity index (χ2n) is 9.87. The van der Waals surface area contributed by atoms with Gasteiger partial charge in [-0.05, 0) is 46.6 Å². The number of aromatic nitrogens is 2. The van der Waals surface area contributed by atoms with E-state index in [1.165, 1.54) is 30.9 Å². The number of benzene rings is 3. The van der Waals surface area contributed by atoms with Crippen LogP contribution in [0, 0.1) is 19.1 Å². The second-order valence-corrected chi connectivity index (χ2v) is 16.0. The van der Waals surface area contributed by atoms with E-state index in [-0.39, 0.29) is 20.1 Å². The molecule has 0 saturated heterocycles. The Balaban J connectivity index is 0.000000208. The van der Waals surface area contributed by atoms with Gasteiger partial charge in [0.2, 0.25) is 0 Å². The molecule has 3 aromatic carbocycles. The van der Waals surface area contributed by atoms with Crippen LogP contribution in [0.25, 0.3) is 42.7 Å². The Labute approximate surface area is 237 Å². The third kappa shape index (κ3) is 6.14. The van der Waals surface area contributed by atoms with Crippen LogP contribution in [0.4, 0.5) is 0 Å². The minimum atomic E-state index is -1.30. The molecular formula is C32H28IrN2SSi-2. The van der Waals surface area contributed by atoms with E-state index >= 15 is 0 Å². The van der Waals surface area contributed by atoms with E-state index in [1.54, 1.807) is 6.20 Å². The monoisotopic (exact) mass is 693 g/mol. The average molecular weight is 693 g/mol. The van der Waals surface area contributed by atoms with E-state index in [9.17, 15) is 0 Å². The van der Waals surface area contributed by atoms with Gasteiger partial charge in [-0.1, -0.05) is 66.1 Å². The number of hydrogen-bond acceptors (Lipinski definition) is 3. The van der Waals surface area contributed by atoms with Gasteiger partial charge in [0.05, 0.1) is 8.07 Å². The number of aryl methyl sites for hydroxylation is 1. The molecule has 2 nitrogen and oxygen atoms in total. The van der Waals surface area contributed by atoms with Gasteiger partial charge in [-0.2, -0.15) is 11.3 Å². The Kier molecular flexibility index (Phi) is 8.51. The molecule has 6 aromatic rings. The molecule has 0 N–H and O–H groups in total. The molecule has 0 atom stereocenters. The molecule has 1 radical (unpaired) electrons. The first-order valence-electron chi connectivity index (χ1n) is 12.1. The van der Waals surface area contributed by atoms with Gasteiger partial charge in [-0.3, -0.25) is 0 Å². The van der Waals surface area contributed by atoms with Crippen molar-refractivity contribution >= 4 is 44.8 Å². The molecule has 3 heterocycles. The Hall–Kier alpha value is -2.95. The van der Waals surface area contributed by atoms with E-state index in [0.29, 0.717) is 0 Å². The molecule has 0 saturated carbocycles. The van der Waals surface area contributed by atoms with Crippen molar-refractivity contribution in [1.82, 2.24) is 9.97 Å². The maximum atomic E-state index is 4.57. The van der Waals surface area contributed by atoms with Gasteiger partial charge in [-0.15, -0.1) is 59.7 Å². The van der Waals surface area contributed by atoms with Crippen LogP contribution >= 0.6 is 11.3 Å². The molecule has 0 spiro atoms.